The Kier molecular flexibility index (Phi) is 4.54. The summed E-state index contributed by atoms with van der Waals surface area (Å²) in [7, 11) is 3.19. The van der Waals surface area contributed by atoms with E-state index in [4.69, 9.17) is 15.3 Å². The molecule has 2 rings (SSSR count). The van der Waals surface area contributed by atoms with Gasteiger partial charge in [-0.3, -0.25) is 10.2 Å². The van der Waals surface area contributed by atoms with Crippen LogP contribution in [-0.4, -0.2) is 25.1 Å². The molecule has 1 heterocycles. The fourth-order valence-corrected chi connectivity index (χ4v) is 2.59. The molecule has 0 saturated heterocycles. The van der Waals surface area contributed by atoms with E-state index >= 15 is 0 Å². The van der Waals surface area contributed by atoms with Gasteiger partial charge in [0.15, 0.2) is 11.5 Å². The van der Waals surface area contributed by atoms with Crippen LogP contribution in [0.1, 0.15) is 20.2 Å². The number of nitrogens with two attached hydrogens (primary N) is 1. The van der Waals surface area contributed by atoms with Crippen LogP contribution in [0.15, 0.2) is 24.4 Å². The van der Waals surface area contributed by atoms with Gasteiger partial charge in [-0.2, -0.15) is 0 Å². The smallest absolute Gasteiger partial charge is 0.276 e. The van der Waals surface area contributed by atoms with Crippen LogP contribution in [0.5, 0.6) is 11.5 Å². The van der Waals surface area contributed by atoms with Crippen molar-refractivity contribution in [2.24, 2.45) is 5.84 Å². The Labute approximate surface area is 120 Å². The van der Waals surface area contributed by atoms with Crippen molar-refractivity contribution in [1.82, 2.24) is 10.4 Å². The van der Waals surface area contributed by atoms with Gasteiger partial charge in [-0.15, -0.1) is 11.3 Å². The van der Waals surface area contributed by atoms with E-state index in [0.29, 0.717) is 22.8 Å². The molecule has 1 aromatic heterocycles. The number of hydrogen-bond acceptors (Lipinski definition) is 6. The van der Waals surface area contributed by atoms with E-state index in [1.807, 2.05) is 18.2 Å². The third kappa shape index (κ3) is 3.06. The van der Waals surface area contributed by atoms with Crippen molar-refractivity contribution in [3.05, 3.63) is 39.8 Å². The number of nitrogens with one attached hydrogen (secondary N) is 1. The predicted molar refractivity (Wildman–Crippen MR) is 76.1 cm³/mol. The number of rotatable bonds is 5. The molecular weight excluding hydrogens is 278 g/mol. The van der Waals surface area contributed by atoms with E-state index in [0.717, 1.165) is 10.6 Å². The quantitative estimate of drug-likeness (QED) is 0.494. The van der Waals surface area contributed by atoms with Crippen molar-refractivity contribution in [2.45, 2.75) is 6.42 Å². The van der Waals surface area contributed by atoms with E-state index in [-0.39, 0.29) is 5.91 Å². The molecule has 0 aliphatic heterocycles. The molecule has 106 valence electrons. The number of ether oxygens (including phenoxy) is 2. The van der Waals surface area contributed by atoms with E-state index in [9.17, 15) is 4.79 Å². The first-order chi connectivity index (χ1) is 9.67. The lowest BCUT2D eigenvalue weighted by atomic mass is 10.1. The number of nitrogens with zero attached hydrogens (tertiary/aromatic N) is 1. The van der Waals surface area contributed by atoms with Crippen molar-refractivity contribution in [2.75, 3.05) is 14.2 Å². The van der Waals surface area contributed by atoms with Crippen LogP contribution in [-0.2, 0) is 6.42 Å². The maximum atomic E-state index is 11.4. The molecule has 0 unspecified atom stereocenters. The monoisotopic (exact) mass is 293 g/mol. The Morgan fingerprint density at radius 1 is 1.35 bits per heavy atom. The maximum Gasteiger partial charge on any atom is 0.276 e. The van der Waals surface area contributed by atoms with Crippen molar-refractivity contribution >= 4 is 17.2 Å². The molecule has 2 aromatic rings. The van der Waals surface area contributed by atoms with Crippen molar-refractivity contribution in [3.8, 4) is 11.5 Å². The van der Waals surface area contributed by atoms with Crippen LogP contribution in [0.2, 0.25) is 0 Å². The lowest BCUT2D eigenvalue weighted by Crippen LogP contribution is -2.29. The Balaban J connectivity index is 2.17. The summed E-state index contributed by atoms with van der Waals surface area (Å²) >= 11 is 1.31. The summed E-state index contributed by atoms with van der Waals surface area (Å²) in [6.07, 6.45) is 2.13. The van der Waals surface area contributed by atoms with Gasteiger partial charge >= 0.3 is 0 Å². The van der Waals surface area contributed by atoms with Gasteiger partial charge in [0.2, 0.25) is 0 Å². The van der Waals surface area contributed by atoms with Crippen LogP contribution in [0, 0.1) is 0 Å². The molecule has 0 atom stereocenters. The topological polar surface area (TPSA) is 86.5 Å². The highest BCUT2D eigenvalue weighted by Gasteiger charge is 2.11. The average Bonchev–Trinajstić information content (AvgIpc) is 2.94. The summed E-state index contributed by atoms with van der Waals surface area (Å²) in [6, 6.07) is 5.67. The zero-order chi connectivity index (χ0) is 14.5. The summed E-state index contributed by atoms with van der Waals surface area (Å²) in [6.45, 7) is 0. The van der Waals surface area contributed by atoms with Gasteiger partial charge in [0, 0.05) is 6.42 Å². The summed E-state index contributed by atoms with van der Waals surface area (Å²) in [5.41, 5.74) is 3.11. The zero-order valence-electron chi connectivity index (χ0n) is 11.2. The molecule has 7 heteroatoms. The molecule has 0 saturated carbocycles. The minimum Gasteiger partial charge on any atom is -0.493 e. The van der Waals surface area contributed by atoms with Gasteiger partial charge in [0.05, 0.1) is 25.4 Å². The van der Waals surface area contributed by atoms with Gasteiger partial charge in [-0.05, 0) is 17.7 Å². The number of thiazole rings is 1. The van der Waals surface area contributed by atoms with Crippen LogP contribution < -0.4 is 20.7 Å². The number of carbonyl (C=O) groups is 1. The second-order valence-corrected chi connectivity index (χ2v) is 5.07. The largest absolute Gasteiger partial charge is 0.493 e. The molecule has 6 nitrogen and oxygen atoms in total. The van der Waals surface area contributed by atoms with E-state index in [1.165, 1.54) is 17.5 Å². The number of aromatic nitrogens is 1. The van der Waals surface area contributed by atoms with Crippen LogP contribution in [0.3, 0.4) is 0 Å². The second-order valence-electron chi connectivity index (χ2n) is 3.96. The standard InChI is InChI=1S/C13H15N3O3S/c1-18-9-4-3-8(5-10(9)19-2)6-12-15-7-11(20-12)13(17)16-14/h3-5,7H,6,14H2,1-2H3,(H,16,17). The van der Waals surface area contributed by atoms with Gasteiger partial charge in [-0.1, -0.05) is 6.07 Å². The first-order valence-corrected chi connectivity index (χ1v) is 6.66. The van der Waals surface area contributed by atoms with Gasteiger partial charge in [0.1, 0.15) is 4.88 Å². The van der Waals surface area contributed by atoms with Crippen LogP contribution in [0.25, 0.3) is 0 Å². The number of methoxy groups -OCH3 is 2. The molecule has 0 aliphatic rings. The van der Waals surface area contributed by atoms with Crippen molar-refractivity contribution in [1.29, 1.82) is 0 Å². The lowest BCUT2D eigenvalue weighted by molar-refractivity contribution is 0.0957. The minimum absolute atomic E-state index is 0.332. The first-order valence-electron chi connectivity index (χ1n) is 5.84. The number of amides is 1. The molecule has 0 bridgehead atoms. The first kappa shape index (κ1) is 14.3. The SMILES string of the molecule is COc1ccc(Cc2ncc(C(=O)NN)s2)cc1OC. The Morgan fingerprint density at radius 3 is 2.75 bits per heavy atom. The number of hydrogen-bond donors (Lipinski definition) is 2. The Bertz CT molecular complexity index is 613. The number of nitrogen functional groups attached to an aromatic ring is 1. The van der Waals surface area contributed by atoms with Crippen LogP contribution >= 0.6 is 11.3 Å². The fraction of sp³-hybridized carbons (Fsp3) is 0.231. The van der Waals surface area contributed by atoms with E-state index < -0.39 is 0 Å². The normalized spacial score (nSPS) is 10.2. The van der Waals surface area contributed by atoms with Crippen LogP contribution in [0.4, 0.5) is 0 Å². The molecular formula is C13H15N3O3S. The fourth-order valence-electron chi connectivity index (χ4n) is 1.73. The Morgan fingerprint density at radius 2 is 2.10 bits per heavy atom. The molecule has 0 aliphatic carbocycles. The number of benzene rings is 1. The molecule has 20 heavy (non-hydrogen) atoms. The molecule has 1 aromatic carbocycles. The van der Waals surface area contributed by atoms with Gasteiger partial charge in [0.25, 0.3) is 5.91 Å². The number of carbonyl (C=O) groups excluding carboxylic acids is 1. The zero-order valence-corrected chi connectivity index (χ0v) is 12.0. The van der Waals surface area contributed by atoms with E-state index in [1.54, 1.807) is 14.2 Å². The molecule has 3 N–H and O–H groups in total. The highest BCUT2D eigenvalue weighted by Crippen LogP contribution is 2.29. The third-order valence-electron chi connectivity index (χ3n) is 2.71. The average molecular weight is 293 g/mol. The third-order valence-corrected chi connectivity index (χ3v) is 3.71. The molecule has 0 radical (unpaired) electrons. The minimum atomic E-state index is -0.332. The Hall–Kier alpha value is -2.12. The number of hydrazine groups is 1. The predicted octanol–water partition coefficient (Wildman–Crippen LogP) is 1.35. The van der Waals surface area contributed by atoms with Gasteiger partial charge < -0.3 is 9.47 Å². The summed E-state index contributed by atoms with van der Waals surface area (Å²) in [5.74, 6) is 6.10. The molecule has 0 spiro atoms. The highest BCUT2D eigenvalue weighted by atomic mass is 32.1. The van der Waals surface area contributed by atoms with Crippen molar-refractivity contribution < 1.29 is 14.3 Å². The summed E-state index contributed by atoms with van der Waals surface area (Å²) in [5, 5.41) is 0.829. The highest BCUT2D eigenvalue weighted by molar-refractivity contribution is 7.13. The molecule has 0 fully saturated rings. The van der Waals surface area contributed by atoms with Gasteiger partial charge in [-0.25, -0.2) is 10.8 Å². The second kappa shape index (κ2) is 6.36. The van der Waals surface area contributed by atoms with E-state index in [2.05, 4.69) is 10.4 Å². The summed E-state index contributed by atoms with van der Waals surface area (Å²) in [4.78, 5) is 16.1. The molecule has 1 amide bonds. The maximum absolute atomic E-state index is 11.4. The summed E-state index contributed by atoms with van der Waals surface area (Å²) < 4.78 is 10.4. The lowest BCUT2D eigenvalue weighted by Gasteiger charge is -2.08. The van der Waals surface area contributed by atoms with Crippen molar-refractivity contribution in [3.63, 3.8) is 0 Å².